The lowest BCUT2D eigenvalue weighted by Gasteiger charge is -2.19. The zero-order valence-electron chi connectivity index (χ0n) is 16.9. The van der Waals surface area contributed by atoms with E-state index in [0.29, 0.717) is 29.7 Å². The maximum absolute atomic E-state index is 12.8. The number of hydrogen-bond acceptors (Lipinski definition) is 7. The second-order valence-electron chi connectivity index (χ2n) is 6.93. The number of rotatable bonds is 5. The van der Waals surface area contributed by atoms with Crippen LogP contribution < -0.4 is 25.8 Å². The van der Waals surface area contributed by atoms with Crippen molar-refractivity contribution in [3.8, 4) is 11.5 Å². The van der Waals surface area contributed by atoms with Gasteiger partial charge in [0, 0.05) is 5.69 Å². The number of ether oxygens (including phenoxy) is 2. The summed E-state index contributed by atoms with van der Waals surface area (Å²) in [5, 5.41) is 30.4. The van der Waals surface area contributed by atoms with E-state index in [1.165, 1.54) is 18.2 Å². The molecule has 0 aliphatic carbocycles. The zero-order valence-corrected chi connectivity index (χ0v) is 16.9. The van der Waals surface area contributed by atoms with Crippen LogP contribution in [0.15, 0.2) is 36.4 Å². The Morgan fingerprint density at radius 2 is 2.03 bits per heavy atom. The van der Waals surface area contributed by atoms with E-state index in [0.717, 1.165) is 0 Å². The summed E-state index contributed by atoms with van der Waals surface area (Å²) in [6, 6.07) is 7.67. The number of nitrogens with two attached hydrogens (primary N) is 1. The lowest BCUT2D eigenvalue weighted by molar-refractivity contribution is -0.140. The number of benzene rings is 2. The van der Waals surface area contributed by atoms with Crippen LogP contribution in [0.2, 0.25) is 0 Å². The summed E-state index contributed by atoms with van der Waals surface area (Å²) in [4.78, 5) is 36.6. The Balaban J connectivity index is 1.92. The summed E-state index contributed by atoms with van der Waals surface area (Å²) in [5.41, 5.74) is 6.87. The van der Waals surface area contributed by atoms with Crippen LogP contribution in [0.25, 0.3) is 0 Å². The van der Waals surface area contributed by atoms with Gasteiger partial charge in [0.25, 0.3) is 5.91 Å². The maximum Gasteiger partial charge on any atom is 0.343 e. The molecule has 0 aromatic heterocycles. The van der Waals surface area contributed by atoms with E-state index in [-0.39, 0.29) is 29.6 Å². The third-order valence-electron chi connectivity index (χ3n) is 4.65. The zero-order chi connectivity index (χ0) is 23.3. The molecule has 0 saturated heterocycles. The molecule has 1 atom stereocenters. The number of carbonyl (C=O) groups excluding carboxylic acids is 2. The number of aliphatic hydroxyl groups is 1. The third kappa shape index (κ3) is 5.13. The van der Waals surface area contributed by atoms with Crippen LogP contribution in [-0.4, -0.2) is 53.3 Å². The number of fused-ring (bicyclic) bond motifs is 2. The van der Waals surface area contributed by atoms with Crippen LogP contribution in [0.4, 0.5) is 5.69 Å². The van der Waals surface area contributed by atoms with Crippen molar-refractivity contribution >= 4 is 29.5 Å². The molecular formula is C21H22N4O7. The minimum Gasteiger partial charge on any atom is -0.489 e. The molecule has 0 spiro atoms. The number of amides is 1. The molecule has 1 aliphatic heterocycles. The van der Waals surface area contributed by atoms with Crippen molar-refractivity contribution in [1.82, 2.24) is 5.32 Å². The standard InChI is InChI=1S/C21H22N4O7/c22-21(23)24-12-6-7-13-11(9-12)3-2-8-31-17-14(4-1-5-16(17)32-20(13)30)18(27)25-15(10-26)19(28)29/h1,4-7,9,15,26H,2-3,8,10H2,(H,25,27)(H,28,29)(H4,22,23,24). The summed E-state index contributed by atoms with van der Waals surface area (Å²) >= 11 is 0. The smallest absolute Gasteiger partial charge is 0.343 e. The molecule has 1 unspecified atom stereocenters. The fourth-order valence-corrected chi connectivity index (χ4v) is 3.17. The minimum atomic E-state index is -1.50. The van der Waals surface area contributed by atoms with E-state index >= 15 is 0 Å². The molecule has 11 heteroatoms. The van der Waals surface area contributed by atoms with E-state index in [1.807, 2.05) is 0 Å². The molecule has 11 nitrogen and oxygen atoms in total. The molecule has 3 rings (SSSR count). The molecule has 0 saturated carbocycles. The largest absolute Gasteiger partial charge is 0.489 e. The van der Waals surface area contributed by atoms with Crippen LogP contribution in [0, 0.1) is 5.41 Å². The van der Waals surface area contributed by atoms with Gasteiger partial charge in [0.15, 0.2) is 23.5 Å². The van der Waals surface area contributed by atoms with Gasteiger partial charge in [-0.05, 0) is 48.7 Å². The number of carboxylic acid groups (broad SMARTS) is 1. The minimum absolute atomic E-state index is 0.00116. The van der Waals surface area contributed by atoms with Crippen LogP contribution in [0.3, 0.4) is 0 Å². The predicted octanol–water partition coefficient (Wildman–Crippen LogP) is 0.711. The van der Waals surface area contributed by atoms with Gasteiger partial charge in [-0.25, -0.2) is 9.59 Å². The number of aliphatic hydroxyl groups excluding tert-OH is 1. The van der Waals surface area contributed by atoms with E-state index in [1.54, 1.807) is 18.2 Å². The lowest BCUT2D eigenvalue weighted by Crippen LogP contribution is -2.43. The van der Waals surface area contributed by atoms with Gasteiger partial charge in [0.05, 0.1) is 24.3 Å². The van der Waals surface area contributed by atoms with Gasteiger partial charge in [0.1, 0.15) is 0 Å². The highest BCUT2D eigenvalue weighted by Gasteiger charge is 2.25. The quantitative estimate of drug-likeness (QED) is 0.168. The maximum atomic E-state index is 12.8. The predicted molar refractivity (Wildman–Crippen MR) is 113 cm³/mol. The van der Waals surface area contributed by atoms with Gasteiger partial charge >= 0.3 is 11.9 Å². The Bertz CT molecular complexity index is 1070. The Morgan fingerprint density at radius 1 is 1.25 bits per heavy atom. The first-order valence-electron chi connectivity index (χ1n) is 9.66. The number of carbonyl (C=O) groups is 3. The third-order valence-corrected chi connectivity index (χ3v) is 4.65. The number of aliphatic carboxylic acids is 1. The van der Waals surface area contributed by atoms with Gasteiger partial charge in [-0.15, -0.1) is 0 Å². The second kappa shape index (κ2) is 9.79. The highest BCUT2D eigenvalue weighted by atomic mass is 16.6. The summed E-state index contributed by atoms with van der Waals surface area (Å²) in [7, 11) is 0. The van der Waals surface area contributed by atoms with Crippen LogP contribution in [0.1, 0.15) is 32.7 Å². The molecule has 7 N–H and O–H groups in total. The van der Waals surface area contributed by atoms with Crippen LogP contribution >= 0.6 is 0 Å². The number of guanidine groups is 1. The first-order valence-corrected chi connectivity index (χ1v) is 9.66. The number of para-hydroxylation sites is 1. The molecular weight excluding hydrogens is 420 g/mol. The molecule has 2 aromatic carbocycles. The average molecular weight is 442 g/mol. The average Bonchev–Trinajstić information content (AvgIpc) is 2.74. The van der Waals surface area contributed by atoms with Crippen molar-refractivity contribution in [2.24, 2.45) is 5.73 Å². The van der Waals surface area contributed by atoms with Gasteiger partial charge in [-0.2, -0.15) is 0 Å². The molecule has 0 fully saturated rings. The summed E-state index contributed by atoms with van der Waals surface area (Å²) in [5.74, 6) is -3.09. The molecule has 1 aliphatic rings. The Morgan fingerprint density at radius 3 is 2.72 bits per heavy atom. The highest BCUT2D eigenvalue weighted by Crippen LogP contribution is 2.33. The SMILES string of the molecule is N=C(N)Nc1ccc2c(c1)CCCOc1c(cccc1C(=O)NC(CO)C(=O)O)OC2=O. The van der Waals surface area contributed by atoms with Crippen molar-refractivity contribution in [1.29, 1.82) is 5.41 Å². The van der Waals surface area contributed by atoms with Gasteiger partial charge < -0.3 is 36.1 Å². The monoisotopic (exact) mass is 442 g/mol. The van der Waals surface area contributed by atoms with Crippen LogP contribution in [0.5, 0.6) is 11.5 Å². The number of nitrogens with one attached hydrogen (secondary N) is 3. The van der Waals surface area contributed by atoms with Crippen molar-refractivity contribution in [2.75, 3.05) is 18.5 Å². The topological polar surface area (TPSA) is 184 Å². The molecule has 32 heavy (non-hydrogen) atoms. The second-order valence-corrected chi connectivity index (χ2v) is 6.93. The molecule has 1 heterocycles. The van der Waals surface area contributed by atoms with E-state index in [9.17, 15) is 14.4 Å². The molecule has 1 amide bonds. The van der Waals surface area contributed by atoms with E-state index in [2.05, 4.69) is 10.6 Å². The van der Waals surface area contributed by atoms with Crippen LogP contribution in [-0.2, 0) is 11.2 Å². The normalized spacial score (nSPS) is 14.0. The fourth-order valence-electron chi connectivity index (χ4n) is 3.17. The number of aryl methyl sites for hydroxylation is 1. The number of anilines is 1. The van der Waals surface area contributed by atoms with Gasteiger partial charge in [0.2, 0.25) is 0 Å². The Labute approximate surface area is 182 Å². The first-order chi connectivity index (χ1) is 15.3. The van der Waals surface area contributed by atoms with Crippen molar-refractivity contribution in [3.63, 3.8) is 0 Å². The summed E-state index contributed by atoms with van der Waals surface area (Å²) in [6.45, 7) is -0.607. The summed E-state index contributed by atoms with van der Waals surface area (Å²) in [6.07, 6.45) is 0.945. The molecule has 168 valence electrons. The molecule has 0 radical (unpaired) electrons. The highest BCUT2D eigenvalue weighted by molar-refractivity contribution is 6.00. The fraction of sp³-hybridized carbons (Fsp3) is 0.238. The van der Waals surface area contributed by atoms with Crippen molar-refractivity contribution < 1.29 is 34.1 Å². The van der Waals surface area contributed by atoms with E-state index in [4.69, 9.17) is 30.8 Å². The Kier molecular flexibility index (Phi) is 6.90. The lowest BCUT2D eigenvalue weighted by atomic mass is 10.0. The Hall–Kier alpha value is -4.12. The van der Waals surface area contributed by atoms with Crippen molar-refractivity contribution in [2.45, 2.75) is 18.9 Å². The van der Waals surface area contributed by atoms with Gasteiger partial charge in [-0.1, -0.05) is 6.07 Å². The first kappa shape index (κ1) is 22.6. The van der Waals surface area contributed by atoms with E-state index < -0.39 is 30.5 Å². The number of esters is 1. The van der Waals surface area contributed by atoms with Crippen molar-refractivity contribution in [3.05, 3.63) is 53.1 Å². The van der Waals surface area contributed by atoms with Gasteiger partial charge in [-0.3, -0.25) is 10.2 Å². The number of carboxylic acids is 1. The molecule has 0 bridgehead atoms. The summed E-state index contributed by atoms with van der Waals surface area (Å²) < 4.78 is 11.2. The molecule has 2 aromatic rings. The number of hydrogen-bond donors (Lipinski definition) is 6.